The van der Waals surface area contributed by atoms with Gasteiger partial charge in [0.25, 0.3) is 0 Å². The molecule has 0 heterocycles. The first kappa shape index (κ1) is 12.4. The molecule has 4 nitrogen and oxygen atoms in total. The van der Waals surface area contributed by atoms with Crippen LogP contribution in [0.2, 0.25) is 0 Å². The van der Waals surface area contributed by atoms with Gasteiger partial charge in [-0.1, -0.05) is 13.8 Å². The van der Waals surface area contributed by atoms with Crippen molar-refractivity contribution >= 4 is 5.91 Å². The fraction of sp³-hybridized carbons (Fsp3) is 0.889. The lowest BCUT2D eigenvalue weighted by Gasteiger charge is -2.09. The first-order valence-corrected chi connectivity index (χ1v) is 4.70. The van der Waals surface area contributed by atoms with Gasteiger partial charge in [0.05, 0.1) is 6.10 Å². The van der Waals surface area contributed by atoms with Gasteiger partial charge in [-0.2, -0.15) is 0 Å². The lowest BCUT2D eigenvalue weighted by molar-refractivity contribution is -0.121. The van der Waals surface area contributed by atoms with E-state index in [2.05, 4.69) is 10.6 Å². The number of aliphatic hydroxyl groups excluding tert-OH is 1. The summed E-state index contributed by atoms with van der Waals surface area (Å²) >= 11 is 0. The third kappa shape index (κ3) is 9.30. The van der Waals surface area contributed by atoms with Gasteiger partial charge in [0.15, 0.2) is 0 Å². The second kappa shape index (κ2) is 6.86. The van der Waals surface area contributed by atoms with Crippen LogP contribution in [0.25, 0.3) is 0 Å². The maximum atomic E-state index is 11.1. The molecule has 0 bridgehead atoms. The summed E-state index contributed by atoms with van der Waals surface area (Å²) in [6.45, 7) is 6.73. The number of aliphatic hydroxyl groups is 1. The van der Waals surface area contributed by atoms with Crippen LogP contribution in [0.5, 0.6) is 0 Å². The molecule has 1 atom stereocenters. The van der Waals surface area contributed by atoms with Crippen molar-refractivity contribution in [3.63, 3.8) is 0 Å². The molecule has 0 aliphatic carbocycles. The number of carbonyl (C=O) groups excluding carboxylic acids is 1. The molecule has 1 amide bonds. The molecule has 3 N–H and O–H groups in total. The van der Waals surface area contributed by atoms with Crippen molar-refractivity contribution in [3.8, 4) is 0 Å². The smallest absolute Gasteiger partial charge is 0.221 e. The first-order chi connectivity index (χ1) is 6.02. The minimum Gasteiger partial charge on any atom is -0.392 e. The summed E-state index contributed by atoms with van der Waals surface area (Å²) < 4.78 is 0. The van der Waals surface area contributed by atoms with Crippen molar-refractivity contribution in [2.45, 2.75) is 39.3 Å². The van der Waals surface area contributed by atoms with Crippen LogP contribution >= 0.6 is 0 Å². The molecule has 0 aromatic carbocycles. The van der Waals surface area contributed by atoms with E-state index in [1.807, 2.05) is 13.8 Å². The van der Waals surface area contributed by atoms with Crippen molar-refractivity contribution in [3.05, 3.63) is 0 Å². The van der Waals surface area contributed by atoms with E-state index in [0.717, 1.165) is 0 Å². The Labute approximate surface area is 79.7 Å². The van der Waals surface area contributed by atoms with Gasteiger partial charge in [0.2, 0.25) is 5.91 Å². The summed E-state index contributed by atoms with van der Waals surface area (Å²) in [5.74, 6) is -0.0194. The molecule has 0 saturated heterocycles. The number of nitrogens with one attached hydrogen (secondary N) is 2. The van der Waals surface area contributed by atoms with E-state index in [-0.39, 0.29) is 5.91 Å². The molecule has 78 valence electrons. The zero-order chi connectivity index (χ0) is 10.3. The molecular weight excluding hydrogens is 168 g/mol. The van der Waals surface area contributed by atoms with E-state index >= 15 is 0 Å². The normalized spacial score (nSPS) is 13.0. The van der Waals surface area contributed by atoms with E-state index < -0.39 is 6.10 Å². The Morgan fingerprint density at radius 2 is 2.00 bits per heavy atom. The quantitative estimate of drug-likeness (QED) is 0.544. The molecule has 0 aliphatic heterocycles. The van der Waals surface area contributed by atoms with Gasteiger partial charge in [-0.05, 0) is 6.92 Å². The minimum atomic E-state index is -0.470. The monoisotopic (exact) mass is 188 g/mol. The fourth-order valence-electron chi connectivity index (χ4n) is 0.824. The standard InChI is InChI=1S/C9H20N2O2/c1-7(2)10-5-4-9(13)11-6-8(3)12/h7-8,10,12H,4-6H2,1-3H3,(H,11,13)/t8-/m0/s1. The lowest BCUT2D eigenvalue weighted by Crippen LogP contribution is -2.34. The van der Waals surface area contributed by atoms with Gasteiger partial charge in [-0.3, -0.25) is 4.79 Å². The largest absolute Gasteiger partial charge is 0.392 e. The Bertz CT molecular complexity index is 147. The molecule has 0 unspecified atom stereocenters. The molecule has 13 heavy (non-hydrogen) atoms. The van der Waals surface area contributed by atoms with Gasteiger partial charge in [0, 0.05) is 25.6 Å². The summed E-state index contributed by atoms with van der Waals surface area (Å²) in [5, 5.41) is 14.7. The van der Waals surface area contributed by atoms with Crippen LogP contribution in [0.4, 0.5) is 0 Å². The highest BCUT2D eigenvalue weighted by Crippen LogP contribution is 1.82. The van der Waals surface area contributed by atoms with Crippen LogP contribution in [0.1, 0.15) is 27.2 Å². The predicted octanol–water partition coefficient (Wildman–Crippen LogP) is -0.128. The number of amides is 1. The maximum absolute atomic E-state index is 11.1. The van der Waals surface area contributed by atoms with Crippen molar-refractivity contribution in [2.75, 3.05) is 13.1 Å². The van der Waals surface area contributed by atoms with Crippen LogP contribution in [0.3, 0.4) is 0 Å². The Morgan fingerprint density at radius 1 is 1.38 bits per heavy atom. The lowest BCUT2D eigenvalue weighted by atomic mass is 10.3. The summed E-state index contributed by atoms with van der Waals surface area (Å²) in [7, 11) is 0. The Balaban J connectivity index is 3.30. The van der Waals surface area contributed by atoms with Crippen molar-refractivity contribution < 1.29 is 9.90 Å². The van der Waals surface area contributed by atoms with Gasteiger partial charge in [0.1, 0.15) is 0 Å². The summed E-state index contributed by atoms with van der Waals surface area (Å²) in [4.78, 5) is 11.1. The molecule has 0 aromatic rings. The molecule has 4 heteroatoms. The summed E-state index contributed by atoms with van der Waals surface area (Å²) in [6, 6.07) is 0.407. The maximum Gasteiger partial charge on any atom is 0.221 e. The Kier molecular flexibility index (Phi) is 6.54. The van der Waals surface area contributed by atoms with E-state index in [9.17, 15) is 4.79 Å². The minimum absolute atomic E-state index is 0.0194. The number of rotatable bonds is 6. The van der Waals surface area contributed by atoms with Crippen LogP contribution in [0.15, 0.2) is 0 Å². The zero-order valence-electron chi connectivity index (χ0n) is 8.63. The molecule has 0 saturated carbocycles. The predicted molar refractivity (Wildman–Crippen MR) is 52.4 cm³/mol. The highest BCUT2D eigenvalue weighted by Gasteiger charge is 2.02. The molecule has 0 fully saturated rings. The van der Waals surface area contributed by atoms with Gasteiger partial charge in [-0.25, -0.2) is 0 Å². The average Bonchev–Trinajstić information content (AvgIpc) is 2.00. The van der Waals surface area contributed by atoms with E-state index in [0.29, 0.717) is 25.6 Å². The molecular formula is C9H20N2O2. The van der Waals surface area contributed by atoms with Crippen LogP contribution in [-0.2, 0) is 4.79 Å². The van der Waals surface area contributed by atoms with Crippen LogP contribution in [-0.4, -0.2) is 36.2 Å². The molecule has 0 radical (unpaired) electrons. The Hall–Kier alpha value is -0.610. The van der Waals surface area contributed by atoms with Crippen LogP contribution < -0.4 is 10.6 Å². The summed E-state index contributed by atoms with van der Waals surface area (Å²) in [5.41, 5.74) is 0. The molecule has 0 spiro atoms. The first-order valence-electron chi connectivity index (χ1n) is 4.70. The van der Waals surface area contributed by atoms with E-state index in [4.69, 9.17) is 5.11 Å². The van der Waals surface area contributed by atoms with Crippen molar-refractivity contribution in [1.82, 2.24) is 10.6 Å². The second-order valence-electron chi connectivity index (χ2n) is 3.51. The van der Waals surface area contributed by atoms with Gasteiger partial charge < -0.3 is 15.7 Å². The number of hydrogen-bond donors (Lipinski definition) is 3. The number of carbonyl (C=O) groups is 1. The van der Waals surface area contributed by atoms with Gasteiger partial charge in [-0.15, -0.1) is 0 Å². The molecule has 0 rings (SSSR count). The van der Waals surface area contributed by atoms with Crippen molar-refractivity contribution in [1.29, 1.82) is 0 Å². The molecule has 0 aromatic heterocycles. The number of hydrogen-bond acceptors (Lipinski definition) is 3. The second-order valence-corrected chi connectivity index (χ2v) is 3.51. The third-order valence-corrected chi connectivity index (χ3v) is 1.50. The Morgan fingerprint density at radius 3 is 2.46 bits per heavy atom. The zero-order valence-corrected chi connectivity index (χ0v) is 8.63. The fourth-order valence-corrected chi connectivity index (χ4v) is 0.824. The van der Waals surface area contributed by atoms with Gasteiger partial charge >= 0.3 is 0 Å². The SMILES string of the molecule is CC(C)NCCC(=O)NC[C@H](C)O. The van der Waals surface area contributed by atoms with Crippen LogP contribution in [0, 0.1) is 0 Å². The van der Waals surface area contributed by atoms with E-state index in [1.165, 1.54) is 0 Å². The molecule has 0 aliphatic rings. The topological polar surface area (TPSA) is 61.4 Å². The van der Waals surface area contributed by atoms with Crippen molar-refractivity contribution in [2.24, 2.45) is 0 Å². The highest BCUT2D eigenvalue weighted by molar-refractivity contribution is 5.76. The highest BCUT2D eigenvalue weighted by atomic mass is 16.3. The summed E-state index contributed by atoms with van der Waals surface area (Å²) in [6.07, 6.45) is -0.00717. The third-order valence-electron chi connectivity index (χ3n) is 1.50. The van der Waals surface area contributed by atoms with E-state index in [1.54, 1.807) is 6.92 Å². The average molecular weight is 188 g/mol.